The quantitative estimate of drug-likeness (QED) is 0.757. The number of benzene rings is 2. The lowest BCUT2D eigenvalue weighted by atomic mass is 9.73. The van der Waals surface area contributed by atoms with Crippen LogP contribution in [0.4, 0.5) is 8.78 Å². The van der Waals surface area contributed by atoms with Crippen LogP contribution in [0.2, 0.25) is 0 Å². The maximum absolute atomic E-state index is 13.5. The van der Waals surface area contributed by atoms with Crippen molar-refractivity contribution >= 4 is 0 Å². The topological polar surface area (TPSA) is 23.8 Å². The smallest absolute Gasteiger partial charge is 0.123 e. The number of hydrogen-bond acceptors (Lipinski definition) is 1. The van der Waals surface area contributed by atoms with Crippen LogP contribution in [0.3, 0.4) is 0 Å². The van der Waals surface area contributed by atoms with Crippen LogP contribution in [0.15, 0.2) is 61.2 Å². The maximum atomic E-state index is 13.5. The van der Waals surface area contributed by atoms with Crippen molar-refractivity contribution in [2.45, 2.75) is 11.8 Å². The molecule has 0 aliphatic rings. The molecule has 0 saturated carbocycles. The van der Waals surface area contributed by atoms with Crippen LogP contribution in [-0.4, -0.2) is 0 Å². The molecule has 1 atom stereocenters. The molecule has 0 aliphatic carbocycles. The van der Waals surface area contributed by atoms with E-state index in [1.54, 1.807) is 30.3 Å². The van der Waals surface area contributed by atoms with Gasteiger partial charge < -0.3 is 0 Å². The van der Waals surface area contributed by atoms with Gasteiger partial charge in [-0.25, -0.2) is 8.78 Å². The van der Waals surface area contributed by atoms with E-state index in [1.165, 1.54) is 24.3 Å². The van der Waals surface area contributed by atoms with E-state index < -0.39 is 11.2 Å². The standard InChI is InChI=1S/C17H13F2N/c1-2-10-17(12-20,13-6-8-15(18)9-7-13)14-4-3-5-16(19)11-14/h2-9,11H,1,10H2. The highest BCUT2D eigenvalue weighted by Gasteiger charge is 2.33. The van der Waals surface area contributed by atoms with Crippen molar-refractivity contribution < 1.29 is 8.78 Å². The molecular formula is C17H13F2N. The van der Waals surface area contributed by atoms with Crippen molar-refractivity contribution in [1.82, 2.24) is 0 Å². The van der Waals surface area contributed by atoms with Gasteiger partial charge in [-0.3, -0.25) is 0 Å². The zero-order valence-corrected chi connectivity index (χ0v) is 10.8. The normalized spacial score (nSPS) is 13.2. The Morgan fingerprint density at radius 2 is 1.75 bits per heavy atom. The largest absolute Gasteiger partial charge is 0.207 e. The second-order valence-electron chi connectivity index (χ2n) is 4.53. The Morgan fingerprint density at radius 3 is 2.30 bits per heavy atom. The summed E-state index contributed by atoms with van der Waals surface area (Å²) >= 11 is 0. The van der Waals surface area contributed by atoms with E-state index in [0.29, 0.717) is 17.5 Å². The summed E-state index contributed by atoms with van der Waals surface area (Å²) in [4.78, 5) is 0. The molecule has 0 fully saturated rings. The fraction of sp³-hybridized carbons (Fsp3) is 0.118. The Hall–Kier alpha value is -2.47. The molecule has 1 unspecified atom stereocenters. The van der Waals surface area contributed by atoms with E-state index in [9.17, 15) is 14.0 Å². The van der Waals surface area contributed by atoms with Crippen molar-refractivity contribution in [3.8, 4) is 6.07 Å². The van der Waals surface area contributed by atoms with E-state index in [1.807, 2.05) is 0 Å². The van der Waals surface area contributed by atoms with Crippen LogP contribution < -0.4 is 0 Å². The molecule has 0 amide bonds. The monoisotopic (exact) mass is 269 g/mol. The van der Waals surface area contributed by atoms with Crippen molar-refractivity contribution in [3.05, 3.63) is 83.9 Å². The molecule has 0 saturated heterocycles. The number of rotatable bonds is 4. The predicted molar refractivity (Wildman–Crippen MR) is 74.0 cm³/mol. The summed E-state index contributed by atoms with van der Waals surface area (Å²) < 4.78 is 26.5. The molecule has 2 aromatic rings. The summed E-state index contributed by atoms with van der Waals surface area (Å²) in [6, 6.07) is 13.8. The average Bonchev–Trinajstić information content (AvgIpc) is 2.46. The van der Waals surface area contributed by atoms with Crippen LogP contribution in [0.25, 0.3) is 0 Å². The zero-order chi connectivity index (χ0) is 14.6. The van der Waals surface area contributed by atoms with Gasteiger partial charge in [-0.15, -0.1) is 6.58 Å². The first-order valence-corrected chi connectivity index (χ1v) is 6.16. The molecular weight excluding hydrogens is 256 g/mol. The average molecular weight is 269 g/mol. The molecule has 0 radical (unpaired) electrons. The fourth-order valence-corrected chi connectivity index (χ4v) is 2.28. The molecule has 0 N–H and O–H groups in total. The van der Waals surface area contributed by atoms with Crippen LogP contribution in [0.1, 0.15) is 17.5 Å². The summed E-state index contributed by atoms with van der Waals surface area (Å²) in [6.45, 7) is 3.67. The SMILES string of the molecule is C=CCC(C#N)(c1ccc(F)cc1)c1cccc(F)c1. The minimum Gasteiger partial charge on any atom is -0.207 e. The van der Waals surface area contributed by atoms with Crippen LogP contribution in [-0.2, 0) is 5.41 Å². The van der Waals surface area contributed by atoms with Gasteiger partial charge in [-0.05, 0) is 41.8 Å². The van der Waals surface area contributed by atoms with Crippen molar-refractivity contribution in [2.24, 2.45) is 0 Å². The lowest BCUT2D eigenvalue weighted by Gasteiger charge is -2.26. The first-order chi connectivity index (χ1) is 9.62. The highest BCUT2D eigenvalue weighted by atomic mass is 19.1. The highest BCUT2D eigenvalue weighted by Crippen LogP contribution is 2.35. The minimum absolute atomic E-state index is 0.318. The Labute approximate surface area is 116 Å². The Balaban J connectivity index is 2.64. The first kappa shape index (κ1) is 14.0. The van der Waals surface area contributed by atoms with E-state index >= 15 is 0 Å². The number of allylic oxidation sites excluding steroid dienone is 1. The maximum Gasteiger partial charge on any atom is 0.123 e. The number of hydrogen-bond donors (Lipinski definition) is 0. The summed E-state index contributed by atoms with van der Waals surface area (Å²) in [5.41, 5.74) is 0.0933. The van der Waals surface area contributed by atoms with Crippen molar-refractivity contribution in [3.63, 3.8) is 0 Å². The van der Waals surface area contributed by atoms with Crippen LogP contribution >= 0.6 is 0 Å². The Bertz CT molecular complexity index is 655. The first-order valence-electron chi connectivity index (χ1n) is 6.16. The van der Waals surface area contributed by atoms with Crippen LogP contribution in [0, 0.1) is 23.0 Å². The Morgan fingerprint density at radius 1 is 1.05 bits per heavy atom. The predicted octanol–water partition coefficient (Wildman–Crippen LogP) is 4.35. The van der Waals surface area contributed by atoms with Gasteiger partial charge in [0.2, 0.25) is 0 Å². The fourth-order valence-electron chi connectivity index (χ4n) is 2.28. The molecule has 1 nitrogen and oxygen atoms in total. The van der Waals surface area contributed by atoms with Gasteiger partial charge in [-0.2, -0.15) is 5.26 Å². The van der Waals surface area contributed by atoms with E-state index in [2.05, 4.69) is 12.6 Å². The number of nitrogens with zero attached hydrogens (tertiary/aromatic N) is 1. The van der Waals surface area contributed by atoms with Crippen LogP contribution in [0.5, 0.6) is 0 Å². The molecule has 0 spiro atoms. The molecule has 3 heteroatoms. The van der Waals surface area contributed by atoms with Gasteiger partial charge in [0, 0.05) is 0 Å². The molecule has 0 aromatic heterocycles. The molecule has 0 bridgehead atoms. The molecule has 2 rings (SSSR count). The van der Waals surface area contributed by atoms with E-state index in [0.717, 1.165) is 0 Å². The van der Waals surface area contributed by atoms with Gasteiger partial charge in [-0.1, -0.05) is 30.3 Å². The number of nitriles is 1. The second kappa shape index (κ2) is 5.66. The van der Waals surface area contributed by atoms with Gasteiger partial charge >= 0.3 is 0 Å². The van der Waals surface area contributed by atoms with Gasteiger partial charge in [0.1, 0.15) is 17.0 Å². The third kappa shape index (κ3) is 2.46. The lowest BCUT2D eigenvalue weighted by Crippen LogP contribution is -2.25. The third-order valence-corrected chi connectivity index (χ3v) is 3.30. The van der Waals surface area contributed by atoms with Gasteiger partial charge in [0.05, 0.1) is 6.07 Å². The molecule has 2 aromatic carbocycles. The Kier molecular flexibility index (Phi) is 3.95. The third-order valence-electron chi connectivity index (χ3n) is 3.30. The summed E-state index contributed by atoms with van der Waals surface area (Å²) in [5.74, 6) is -0.785. The second-order valence-corrected chi connectivity index (χ2v) is 4.53. The number of halogens is 2. The molecule has 20 heavy (non-hydrogen) atoms. The van der Waals surface area contributed by atoms with Crippen molar-refractivity contribution in [1.29, 1.82) is 5.26 Å². The summed E-state index contributed by atoms with van der Waals surface area (Å²) in [6.07, 6.45) is 1.93. The van der Waals surface area contributed by atoms with Crippen molar-refractivity contribution in [2.75, 3.05) is 0 Å². The highest BCUT2D eigenvalue weighted by molar-refractivity contribution is 5.46. The van der Waals surface area contributed by atoms with E-state index in [-0.39, 0.29) is 5.82 Å². The molecule has 0 heterocycles. The zero-order valence-electron chi connectivity index (χ0n) is 10.8. The lowest BCUT2D eigenvalue weighted by molar-refractivity contribution is 0.606. The van der Waals surface area contributed by atoms with Gasteiger partial charge in [0.15, 0.2) is 0 Å². The van der Waals surface area contributed by atoms with E-state index in [4.69, 9.17) is 0 Å². The molecule has 0 aliphatic heterocycles. The minimum atomic E-state index is -1.06. The summed E-state index contributed by atoms with van der Waals surface area (Å²) in [5, 5.41) is 9.66. The molecule has 100 valence electrons. The van der Waals surface area contributed by atoms with Gasteiger partial charge in [0.25, 0.3) is 0 Å². The summed E-state index contributed by atoms with van der Waals surface area (Å²) in [7, 11) is 0.